The number of halogens is 7. The van der Waals surface area contributed by atoms with E-state index in [9.17, 15) is 35.5 Å². The summed E-state index contributed by atoms with van der Waals surface area (Å²) in [6.07, 6.45) is -6.11. The van der Waals surface area contributed by atoms with Crippen LogP contribution in [0.5, 0.6) is 0 Å². The molecular weight excluding hydrogens is 273 g/mol. The first-order chi connectivity index (χ1) is 8.04. The van der Waals surface area contributed by atoms with Crippen LogP contribution >= 0.6 is 0 Å². The lowest BCUT2D eigenvalue weighted by atomic mass is 10.3. The van der Waals surface area contributed by atoms with Gasteiger partial charge >= 0.3 is 18.0 Å². The van der Waals surface area contributed by atoms with Crippen LogP contribution in [0.25, 0.3) is 0 Å². The Labute approximate surface area is 94.6 Å². The SMILES string of the molecule is O=C(Nc1cc(F)nc(F)c1)C(F)(F)C(F)(F)F. The molecule has 18 heavy (non-hydrogen) atoms. The third-order valence-corrected chi connectivity index (χ3v) is 1.66. The lowest BCUT2D eigenvalue weighted by molar-refractivity contribution is -0.267. The first-order valence-corrected chi connectivity index (χ1v) is 4.13. The Morgan fingerprint density at radius 2 is 1.50 bits per heavy atom. The molecule has 0 unspecified atom stereocenters. The zero-order chi connectivity index (χ0) is 14.1. The summed E-state index contributed by atoms with van der Waals surface area (Å²) in [5.74, 6) is -11.4. The highest BCUT2D eigenvalue weighted by Gasteiger charge is 2.63. The molecule has 0 saturated carbocycles. The Kier molecular flexibility index (Phi) is 3.49. The molecular formula is C8H3F7N2O. The van der Waals surface area contributed by atoms with Gasteiger partial charge in [0.1, 0.15) is 0 Å². The van der Waals surface area contributed by atoms with Crippen LogP contribution in [0.2, 0.25) is 0 Å². The standard InChI is InChI=1S/C8H3F7N2O/c9-4-1-3(2-5(10)17-4)16-6(18)7(11,12)8(13,14)15/h1-2H,(H,16,17,18). The van der Waals surface area contributed by atoms with Crippen molar-refractivity contribution in [2.45, 2.75) is 12.1 Å². The number of hydrogen-bond acceptors (Lipinski definition) is 2. The molecule has 1 aromatic heterocycles. The van der Waals surface area contributed by atoms with E-state index in [1.807, 2.05) is 0 Å². The third kappa shape index (κ3) is 2.87. The van der Waals surface area contributed by atoms with E-state index in [-0.39, 0.29) is 12.1 Å². The van der Waals surface area contributed by atoms with E-state index in [0.29, 0.717) is 0 Å². The van der Waals surface area contributed by atoms with Gasteiger partial charge in [-0.05, 0) is 0 Å². The highest BCUT2D eigenvalue weighted by atomic mass is 19.4. The van der Waals surface area contributed by atoms with E-state index in [1.165, 1.54) is 0 Å². The van der Waals surface area contributed by atoms with Crippen molar-refractivity contribution in [3.63, 3.8) is 0 Å². The van der Waals surface area contributed by atoms with Crippen LogP contribution in [0.1, 0.15) is 0 Å². The fourth-order valence-corrected chi connectivity index (χ4v) is 0.875. The lowest BCUT2D eigenvalue weighted by Gasteiger charge is -2.18. The zero-order valence-electron chi connectivity index (χ0n) is 8.16. The number of pyridine rings is 1. The predicted molar refractivity (Wildman–Crippen MR) is 43.8 cm³/mol. The maximum absolute atomic E-state index is 12.5. The van der Waals surface area contributed by atoms with Crippen molar-refractivity contribution < 1.29 is 35.5 Å². The maximum atomic E-state index is 12.5. The molecule has 0 atom stereocenters. The maximum Gasteiger partial charge on any atom is 0.463 e. The lowest BCUT2D eigenvalue weighted by Crippen LogP contribution is -2.47. The van der Waals surface area contributed by atoms with E-state index in [2.05, 4.69) is 4.98 Å². The Morgan fingerprint density at radius 1 is 1.06 bits per heavy atom. The number of nitrogens with zero attached hydrogens (tertiary/aromatic N) is 1. The van der Waals surface area contributed by atoms with Gasteiger partial charge in [-0.15, -0.1) is 0 Å². The molecule has 1 heterocycles. The van der Waals surface area contributed by atoms with E-state index < -0.39 is 35.6 Å². The van der Waals surface area contributed by atoms with Crippen molar-refractivity contribution in [1.82, 2.24) is 4.98 Å². The molecule has 0 aromatic carbocycles. The van der Waals surface area contributed by atoms with Crippen molar-refractivity contribution in [3.05, 3.63) is 24.0 Å². The molecule has 0 aliphatic rings. The molecule has 0 fully saturated rings. The van der Waals surface area contributed by atoms with Gasteiger partial charge in [-0.25, -0.2) is 0 Å². The predicted octanol–water partition coefficient (Wildman–Crippen LogP) is 2.50. The number of amides is 1. The first-order valence-electron chi connectivity index (χ1n) is 4.13. The number of carbonyl (C=O) groups excluding carboxylic acids is 1. The number of rotatable bonds is 2. The summed E-state index contributed by atoms with van der Waals surface area (Å²) < 4.78 is 85.3. The van der Waals surface area contributed by atoms with Crippen LogP contribution in [0.4, 0.5) is 36.4 Å². The molecule has 1 amide bonds. The van der Waals surface area contributed by atoms with Gasteiger partial charge < -0.3 is 5.32 Å². The van der Waals surface area contributed by atoms with Crippen molar-refractivity contribution >= 4 is 11.6 Å². The fourth-order valence-electron chi connectivity index (χ4n) is 0.875. The van der Waals surface area contributed by atoms with Gasteiger partial charge in [0, 0.05) is 17.8 Å². The van der Waals surface area contributed by atoms with Crippen molar-refractivity contribution in [2.24, 2.45) is 0 Å². The summed E-state index contributed by atoms with van der Waals surface area (Å²) in [5, 5.41) is 1.04. The average Bonchev–Trinajstić information content (AvgIpc) is 2.13. The van der Waals surface area contributed by atoms with E-state index in [0.717, 1.165) is 5.32 Å². The van der Waals surface area contributed by atoms with Gasteiger partial charge in [0.25, 0.3) is 0 Å². The van der Waals surface area contributed by atoms with E-state index >= 15 is 0 Å². The second-order valence-corrected chi connectivity index (χ2v) is 3.03. The summed E-state index contributed by atoms with van der Waals surface area (Å²) in [7, 11) is 0. The molecule has 3 nitrogen and oxygen atoms in total. The largest absolute Gasteiger partial charge is 0.463 e. The average molecular weight is 276 g/mol. The molecule has 10 heteroatoms. The Hall–Kier alpha value is -1.87. The minimum absolute atomic E-state index is 0.285. The van der Waals surface area contributed by atoms with Gasteiger partial charge in [-0.1, -0.05) is 0 Å². The molecule has 100 valence electrons. The van der Waals surface area contributed by atoms with Gasteiger partial charge in [0.15, 0.2) is 0 Å². The summed E-state index contributed by atoms with van der Waals surface area (Å²) in [6.45, 7) is 0. The summed E-state index contributed by atoms with van der Waals surface area (Å²) in [5.41, 5.74) is -0.908. The molecule has 0 aliphatic carbocycles. The molecule has 1 rings (SSSR count). The monoisotopic (exact) mass is 276 g/mol. The topological polar surface area (TPSA) is 42.0 Å². The van der Waals surface area contributed by atoms with Gasteiger partial charge in [0.05, 0.1) is 0 Å². The number of alkyl halides is 5. The Morgan fingerprint density at radius 3 is 1.89 bits per heavy atom. The molecule has 0 aliphatic heterocycles. The van der Waals surface area contributed by atoms with Crippen LogP contribution in [0.3, 0.4) is 0 Å². The fraction of sp³-hybridized carbons (Fsp3) is 0.250. The van der Waals surface area contributed by atoms with Gasteiger partial charge in [0.2, 0.25) is 11.9 Å². The third-order valence-electron chi connectivity index (χ3n) is 1.66. The normalized spacial score (nSPS) is 12.4. The van der Waals surface area contributed by atoms with E-state index in [1.54, 1.807) is 0 Å². The molecule has 0 bridgehead atoms. The highest BCUT2D eigenvalue weighted by Crippen LogP contribution is 2.36. The quantitative estimate of drug-likeness (QED) is 0.666. The molecule has 0 spiro atoms. The first kappa shape index (κ1) is 14.2. The number of hydrogen-bond donors (Lipinski definition) is 1. The van der Waals surface area contributed by atoms with Gasteiger partial charge in [-0.2, -0.15) is 35.7 Å². The van der Waals surface area contributed by atoms with Crippen molar-refractivity contribution in [1.29, 1.82) is 0 Å². The zero-order valence-corrected chi connectivity index (χ0v) is 8.16. The second-order valence-electron chi connectivity index (χ2n) is 3.03. The minimum atomic E-state index is -6.11. The van der Waals surface area contributed by atoms with Crippen LogP contribution < -0.4 is 5.32 Å². The van der Waals surface area contributed by atoms with Crippen molar-refractivity contribution in [3.8, 4) is 0 Å². The highest BCUT2D eigenvalue weighted by molar-refractivity contribution is 5.96. The molecule has 0 saturated heterocycles. The number of nitrogens with one attached hydrogen (secondary N) is 1. The second kappa shape index (κ2) is 4.42. The minimum Gasteiger partial charge on any atom is -0.320 e. The summed E-state index contributed by atoms with van der Waals surface area (Å²) >= 11 is 0. The Bertz CT molecular complexity index is 451. The van der Waals surface area contributed by atoms with Gasteiger partial charge in [-0.3, -0.25) is 4.79 Å². The van der Waals surface area contributed by atoms with Crippen LogP contribution in [0.15, 0.2) is 12.1 Å². The Balaban J connectivity index is 2.95. The van der Waals surface area contributed by atoms with Crippen LogP contribution in [-0.4, -0.2) is 23.0 Å². The molecule has 0 radical (unpaired) electrons. The molecule has 1 aromatic rings. The van der Waals surface area contributed by atoms with Crippen molar-refractivity contribution in [2.75, 3.05) is 5.32 Å². The van der Waals surface area contributed by atoms with Crippen LogP contribution in [-0.2, 0) is 4.79 Å². The molecule has 1 N–H and O–H groups in total. The number of aromatic nitrogens is 1. The van der Waals surface area contributed by atoms with E-state index in [4.69, 9.17) is 0 Å². The number of anilines is 1. The summed E-state index contributed by atoms with van der Waals surface area (Å²) in [4.78, 5) is 13.2. The number of carbonyl (C=O) groups is 1. The summed E-state index contributed by atoms with van der Waals surface area (Å²) in [6, 6.07) is 0.570. The smallest absolute Gasteiger partial charge is 0.320 e. The van der Waals surface area contributed by atoms with Crippen LogP contribution in [0, 0.1) is 11.9 Å².